The number of nitrogens with one attached hydrogen (secondary N) is 1. The first kappa shape index (κ1) is 24.4. The third kappa shape index (κ3) is 3.24. The van der Waals surface area contributed by atoms with Crippen LogP contribution in [0.3, 0.4) is 0 Å². The molecule has 0 bridgehead atoms. The molecule has 0 aliphatic carbocycles. The molecule has 0 fully saturated rings. The maximum absolute atomic E-state index is 10.3. The van der Waals surface area contributed by atoms with Crippen LogP contribution in [0.25, 0.3) is 76.5 Å². The van der Waals surface area contributed by atoms with Gasteiger partial charge in [-0.25, -0.2) is 0 Å². The molecule has 0 saturated heterocycles. The number of nitrogens with zero attached hydrogens (tertiary/aromatic N) is 3. The fourth-order valence-corrected chi connectivity index (χ4v) is 7.16. The van der Waals surface area contributed by atoms with E-state index in [2.05, 4.69) is 137 Å². The van der Waals surface area contributed by atoms with Crippen molar-refractivity contribution in [1.29, 1.82) is 10.7 Å². The number of benzene rings is 7. The third-order valence-electron chi connectivity index (χ3n) is 9.03. The molecule has 4 nitrogen and oxygen atoms in total. The Labute approximate surface area is 252 Å². The number of aromatic nitrogens is 2. The summed E-state index contributed by atoms with van der Waals surface area (Å²) in [6.45, 7) is 0. The zero-order valence-electron chi connectivity index (χ0n) is 23.6. The van der Waals surface area contributed by atoms with Gasteiger partial charge in [-0.3, -0.25) is 0 Å². The number of hydrogen-bond acceptors (Lipinski definition) is 2. The molecule has 0 spiro atoms. The zero-order chi connectivity index (χ0) is 29.4. The van der Waals surface area contributed by atoms with E-state index in [0.717, 1.165) is 38.8 Å². The van der Waals surface area contributed by atoms with E-state index >= 15 is 0 Å². The molecule has 4 heteroatoms. The van der Waals surface area contributed by atoms with Gasteiger partial charge in [0.15, 0.2) is 0 Å². The molecular weight excluding hydrogens is 536 g/mol. The normalized spacial score (nSPS) is 11.7. The second-order valence-corrected chi connectivity index (χ2v) is 11.3. The maximum Gasteiger partial charge on any atom is 0.0999 e. The summed E-state index contributed by atoms with van der Waals surface area (Å²) >= 11 is 0. The van der Waals surface area contributed by atoms with Gasteiger partial charge in [0, 0.05) is 33.3 Å². The number of hydrogen-bond donors (Lipinski definition) is 1. The lowest BCUT2D eigenvalue weighted by atomic mass is 10.0. The molecule has 9 rings (SSSR count). The van der Waals surface area contributed by atoms with Crippen molar-refractivity contribution in [3.8, 4) is 17.4 Å². The molecule has 1 N–H and O–H groups in total. The first-order valence-electron chi connectivity index (χ1n) is 14.7. The van der Waals surface area contributed by atoms with Crippen molar-refractivity contribution >= 4 is 71.4 Å². The fourth-order valence-electron chi connectivity index (χ4n) is 7.16. The van der Waals surface area contributed by atoms with Gasteiger partial charge in [-0.05, 0) is 57.9 Å². The smallest absolute Gasteiger partial charge is 0.0999 e. The van der Waals surface area contributed by atoms with Crippen LogP contribution in [-0.2, 0) is 0 Å². The lowest BCUT2D eigenvalue weighted by molar-refractivity contribution is 1.09. The van der Waals surface area contributed by atoms with Crippen molar-refractivity contribution < 1.29 is 0 Å². The van der Waals surface area contributed by atoms with Crippen molar-refractivity contribution in [3.63, 3.8) is 0 Å². The second-order valence-electron chi connectivity index (χ2n) is 11.3. The third-order valence-corrected chi connectivity index (χ3v) is 9.03. The minimum absolute atomic E-state index is 0.469. The van der Waals surface area contributed by atoms with E-state index in [0.29, 0.717) is 11.1 Å². The molecule has 7 aromatic carbocycles. The number of nitriles is 1. The summed E-state index contributed by atoms with van der Waals surface area (Å²) in [5.41, 5.74) is 7.16. The first-order chi connectivity index (χ1) is 21.8. The molecule has 44 heavy (non-hydrogen) atoms. The molecular formula is C40H24N4. The highest BCUT2D eigenvalue weighted by molar-refractivity contribution is 6.23. The molecule has 2 aromatic heterocycles. The van der Waals surface area contributed by atoms with E-state index in [9.17, 15) is 5.26 Å². The van der Waals surface area contributed by atoms with E-state index in [4.69, 9.17) is 5.41 Å². The van der Waals surface area contributed by atoms with Gasteiger partial charge < -0.3 is 14.5 Å². The Bertz CT molecular complexity index is 2700. The number of para-hydroxylation sites is 2. The molecule has 9 aromatic rings. The maximum atomic E-state index is 10.3. The van der Waals surface area contributed by atoms with Crippen LogP contribution in [0.5, 0.6) is 0 Å². The van der Waals surface area contributed by atoms with Gasteiger partial charge in [0.1, 0.15) is 0 Å². The van der Waals surface area contributed by atoms with E-state index in [1.165, 1.54) is 43.9 Å². The SMILES string of the molecule is N#Cc1cc(-n2c3ccccc3c3c4ccccc4ccc32)c(-n2c3ccccc3c3c4ccccc4ccc32)cc1C=N. The Morgan fingerprint density at radius 2 is 0.955 bits per heavy atom. The molecule has 204 valence electrons. The van der Waals surface area contributed by atoms with E-state index in [1.807, 2.05) is 12.1 Å². The molecule has 0 unspecified atom stereocenters. The average molecular weight is 561 g/mol. The molecule has 0 amide bonds. The van der Waals surface area contributed by atoms with Gasteiger partial charge in [-0.1, -0.05) is 97.1 Å². The van der Waals surface area contributed by atoms with Crippen LogP contribution >= 0.6 is 0 Å². The lowest BCUT2D eigenvalue weighted by Gasteiger charge is -2.18. The predicted octanol–water partition coefficient (Wildman–Crippen LogP) is 10.1. The Balaban J connectivity index is 1.50. The van der Waals surface area contributed by atoms with Crippen molar-refractivity contribution in [2.75, 3.05) is 0 Å². The zero-order valence-corrected chi connectivity index (χ0v) is 23.6. The molecule has 0 atom stereocenters. The van der Waals surface area contributed by atoms with Crippen molar-refractivity contribution in [2.45, 2.75) is 0 Å². The highest BCUT2D eigenvalue weighted by Gasteiger charge is 2.22. The van der Waals surface area contributed by atoms with Crippen LogP contribution in [-0.4, -0.2) is 15.3 Å². The summed E-state index contributed by atoms with van der Waals surface area (Å²) in [5, 5.41) is 28.0. The monoisotopic (exact) mass is 560 g/mol. The average Bonchev–Trinajstić information content (AvgIpc) is 3.61. The molecule has 2 heterocycles. The summed E-state index contributed by atoms with van der Waals surface area (Å²) in [6.07, 6.45) is 1.29. The Morgan fingerprint density at radius 1 is 0.500 bits per heavy atom. The first-order valence-corrected chi connectivity index (χ1v) is 14.7. The fraction of sp³-hybridized carbons (Fsp3) is 0. The Hall–Kier alpha value is -6.18. The largest absolute Gasteiger partial charge is 0.308 e. The summed E-state index contributed by atoms with van der Waals surface area (Å²) < 4.78 is 4.60. The molecule has 0 aliphatic heterocycles. The number of rotatable bonds is 3. The Morgan fingerprint density at radius 3 is 1.45 bits per heavy atom. The van der Waals surface area contributed by atoms with Gasteiger partial charge in [0.2, 0.25) is 0 Å². The van der Waals surface area contributed by atoms with Crippen LogP contribution in [0.4, 0.5) is 0 Å². The van der Waals surface area contributed by atoms with Crippen molar-refractivity contribution in [3.05, 3.63) is 145 Å². The number of fused-ring (bicyclic) bond motifs is 10. The van der Waals surface area contributed by atoms with Crippen molar-refractivity contribution in [2.24, 2.45) is 0 Å². The molecule has 0 aliphatic rings. The highest BCUT2D eigenvalue weighted by atomic mass is 15.1. The Kier molecular flexibility index (Phi) is 5.08. The summed E-state index contributed by atoms with van der Waals surface area (Å²) in [5.74, 6) is 0. The van der Waals surface area contributed by atoms with Gasteiger partial charge in [0.05, 0.1) is 45.1 Å². The van der Waals surface area contributed by atoms with Gasteiger partial charge in [-0.2, -0.15) is 5.26 Å². The lowest BCUT2D eigenvalue weighted by Crippen LogP contribution is -2.06. The second kappa shape index (κ2) is 9.16. The topological polar surface area (TPSA) is 57.5 Å². The van der Waals surface area contributed by atoms with Crippen LogP contribution < -0.4 is 0 Å². The quantitative estimate of drug-likeness (QED) is 0.215. The predicted molar refractivity (Wildman–Crippen MR) is 183 cm³/mol. The molecule has 0 saturated carbocycles. The van der Waals surface area contributed by atoms with Crippen LogP contribution in [0.2, 0.25) is 0 Å². The summed E-state index contributed by atoms with van der Waals surface area (Å²) in [4.78, 5) is 0. The van der Waals surface area contributed by atoms with Crippen LogP contribution in [0.15, 0.2) is 133 Å². The van der Waals surface area contributed by atoms with Crippen LogP contribution in [0.1, 0.15) is 11.1 Å². The minimum Gasteiger partial charge on any atom is -0.308 e. The van der Waals surface area contributed by atoms with Gasteiger partial charge >= 0.3 is 0 Å². The summed E-state index contributed by atoms with van der Waals surface area (Å²) in [7, 11) is 0. The summed E-state index contributed by atoms with van der Waals surface area (Å²) in [6, 6.07) is 49.1. The van der Waals surface area contributed by atoms with E-state index in [1.54, 1.807) is 0 Å². The standard InChI is InChI=1S/C40H24N4/c41-23-27-21-37(43-33-15-7-5-13-31(33)39-29-11-3-1-9-25(29)17-19-35(39)43)38(22-28(27)24-42)44-34-16-8-6-14-32(34)40-30-12-4-2-10-26(30)18-20-36(40)44/h1-23,41H. The van der Waals surface area contributed by atoms with Gasteiger partial charge in [0.25, 0.3) is 0 Å². The van der Waals surface area contributed by atoms with Crippen LogP contribution in [0, 0.1) is 16.7 Å². The highest BCUT2D eigenvalue weighted by Crippen LogP contribution is 2.42. The minimum atomic E-state index is 0.469. The van der Waals surface area contributed by atoms with E-state index in [-0.39, 0.29) is 0 Å². The van der Waals surface area contributed by atoms with E-state index < -0.39 is 0 Å². The van der Waals surface area contributed by atoms with Crippen molar-refractivity contribution in [1.82, 2.24) is 9.13 Å². The van der Waals surface area contributed by atoms with Gasteiger partial charge in [-0.15, -0.1) is 0 Å². The molecule has 0 radical (unpaired) electrons.